The first-order valence-corrected chi connectivity index (χ1v) is 5.69. The van der Waals surface area contributed by atoms with Crippen LogP contribution in [-0.4, -0.2) is 4.98 Å². The largest absolute Gasteiger partial charge is 0.484 e. The Morgan fingerprint density at radius 3 is 2.88 bits per heavy atom. The molecule has 1 aromatic heterocycles. The van der Waals surface area contributed by atoms with Crippen LogP contribution in [0.15, 0.2) is 42.6 Å². The van der Waals surface area contributed by atoms with E-state index in [-0.39, 0.29) is 11.9 Å². The summed E-state index contributed by atoms with van der Waals surface area (Å²) in [5, 5.41) is 0. The van der Waals surface area contributed by atoms with E-state index in [2.05, 4.69) is 11.1 Å². The average Bonchev–Trinajstić information content (AvgIpc) is 2.39. The third-order valence-electron chi connectivity index (χ3n) is 3.00. The third-order valence-corrected chi connectivity index (χ3v) is 3.00. The Hall–Kier alpha value is -1.90. The van der Waals surface area contributed by atoms with Gasteiger partial charge in [-0.1, -0.05) is 18.2 Å². The van der Waals surface area contributed by atoms with Crippen LogP contribution in [0.5, 0.6) is 5.75 Å². The maximum atomic E-state index is 12.8. The number of fused-ring (bicyclic) bond motifs is 1. The number of aromatic nitrogens is 1. The van der Waals surface area contributed by atoms with E-state index >= 15 is 0 Å². The molecule has 0 aliphatic carbocycles. The van der Waals surface area contributed by atoms with Crippen LogP contribution in [0.2, 0.25) is 0 Å². The SMILES string of the molecule is Fc1ccc(C2CCc3ccccc3O2)nc1. The molecule has 3 rings (SSSR count). The van der Waals surface area contributed by atoms with Crippen LogP contribution >= 0.6 is 0 Å². The number of para-hydroxylation sites is 1. The van der Waals surface area contributed by atoms with Gasteiger partial charge in [0.05, 0.1) is 11.9 Å². The molecule has 1 aliphatic heterocycles. The molecule has 2 nitrogen and oxygen atoms in total. The summed E-state index contributed by atoms with van der Waals surface area (Å²) in [6.45, 7) is 0. The molecule has 1 aliphatic rings. The van der Waals surface area contributed by atoms with Crippen molar-refractivity contribution in [2.45, 2.75) is 18.9 Å². The van der Waals surface area contributed by atoms with Gasteiger partial charge in [0.2, 0.25) is 0 Å². The Balaban J connectivity index is 1.86. The molecule has 0 fully saturated rings. The van der Waals surface area contributed by atoms with Gasteiger partial charge in [0.15, 0.2) is 0 Å². The Morgan fingerprint density at radius 1 is 1.18 bits per heavy atom. The average molecular weight is 229 g/mol. The number of pyridine rings is 1. The smallest absolute Gasteiger partial charge is 0.141 e. The highest BCUT2D eigenvalue weighted by molar-refractivity contribution is 5.35. The van der Waals surface area contributed by atoms with Crippen molar-refractivity contribution in [1.29, 1.82) is 0 Å². The number of hydrogen-bond donors (Lipinski definition) is 0. The third kappa shape index (κ3) is 2.00. The molecule has 0 saturated heterocycles. The minimum Gasteiger partial charge on any atom is -0.484 e. The maximum Gasteiger partial charge on any atom is 0.141 e. The second-order valence-electron chi connectivity index (χ2n) is 4.15. The predicted octanol–water partition coefficient (Wildman–Crippen LogP) is 3.29. The highest BCUT2D eigenvalue weighted by Gasteiger charge is 2.21. The predicted molar refractivity (Wildman–Crippen MR) is 62.3 cm³/mol. The normalized spacial score (nSPS) is 18.3. The summed E-state index contributed by atoms with van der Waals surface area (Å²) >= 11 is 0. The summed E-state index contributed by atoms with van der Waals surface area (Å²) in [6, 6.07) is 11.1. The molecular formula is C14H12FNO. The van der Waals surface area contributed by atoms with Crippen molar-refractivity contribution in [2.75, 3.05) is 0 Å². The second-order valence-corrected chi connectivity index (χ2v) is 4.15. The van der Waals surface area contributed by atoms with Gasteiger partial charge in [0.25, 0.3) is 0 Å². The van der Waals surface area contributed by atoms with Crippen molar-refractivity contribution in [3.8, 4) is 5.75 Å². The fraction of sp³-hybridized carbons (Fsp3) is 0.214. The molecule has 1 aromatic carbocycles. The zero-order valence-electron chi connectivity index (χ0n) is 9.27. The fourth-order valence-electron chi connectivity index (χ4n) is 2.11. The van der Waals surface area contributed by atoms with Crippen molar-refractivity contribution in [3.63, 3.8) is 0 Å². The number of rotatable bonds is 1. The number of halogens is 1. The summed E-state index contributed by atoms with van der Waals surface area (Å²) in [5.74, 6) is 0.597. The summed E-state index contributed by atoms with van der Waals surface area (Å²) in [4.78, 5) is 4.07. The van der Waals surface area contributed by atoms with Crippen LogP contribution < -0.4 is 4.74 Å². The van der Waals surface area contributed by atoms with Crippen LogP contribution in [0, 0.1) is 5.82 Å². The molecule has 0 bridgehead atoms. The molecule has 86 valence electrons. The van der Waals surface area contributed by atoms with Crippen molar-refractivity contribution < 1.29 is 9.13 Å². The summed E-state index contributed by atoms with van der Waals surface area (Å²) < 4.78 is 18.7. The van der Waals surface area contributed by atoms with E-state index in [4.69, 9.17) is 4.74 Å². The number of benzene rings is 1. The van der Waals surface area contributed by atoms with Crippen LogP contribution in [0.3, 0.4) is 0 Å². The van der Waals surface area contributed by atoms with Crippen LogP contribution in [-0.2, 0) is 6.42 Å². The topological polar surface area (TPSA) is 22.1 Å². The number of aryl methyl sites for hydroxylation is 1. The number of nitrogens with zero attached hydrogens (tertiary/aromatic N) is 1. The van der Waals surface area contributed by atoms with E-state index in [0.717, 1.165) is 24.3 Å². The zero-order valence-corrected chi connectivity index (χ0v) is 9.27. The Morgan fingerprint density at radius 2 is 2.06 bits per heavy atom. The summed E-state index contributed by atoms with van der Waals surface area (Å²) in [6.07, 6.45) is 3.03. The van der Waals surface area contributed by atoms with Crippen molar-refractivity contribution in [3.05, 3.63) is 59.7 Å². The first-order chi connectivity index (χ1) is 8.33. The summed E-state index contributed by atoms with van der Waals surface area (Å²) in [7, 11) is 0. The van der Waals surface area contributed by atoms with Crippen molar-refractivity contribution in [2.24, 2.45) is 0 Å². The van der Waals surface area contributed by atoms with Gasteiger partial charge >= 0.3 is 0 Å². The lowest BCUT2D eigenvalue weighted by molar-refractivity contribution is 0.172. The highest BCUT2D eigenvalue weighted by atomic mass is 19.1. The number of hydrogen-bond acceptors (Lipinski definition) is 2. The first kappa shape index (κ1) is 10.3. The second kappa shape index (κ2) is 4.17. The standard InChI is InChI=1S/C14H12FNO/c15-11-6-7-12(16-9-11)14-8-5-10-3-1-2-4-13(10)17-14/h1-4,6-7,9,14H,5,8H2. The van der Waals surface area contributed by atoms with Gasteiger partial charge in [0, 0.05) is 0 Å². The van der Waals surface area contributed by atoms with Gasteiger partial charge in [0.1, 0.15) is 17.7 Å². The number of ether oxygens (including phenoxy) is 1. The molecule has 1 unspecified atom stereocenters. The van der Waals surface area contributed by atoms with E-state index < -0.39 is 0 Å². The molecule has 1 atom stereocenters. The van der Waals surface area contributed by atoms with Crippen molar-refractivity contribution >= 4 is 0 Å². The molecule has 17 heavy (non-hydrogen) atoms. The molecule has 0 amide bonds. The van der Waals surface area contributed by atoms with E-state index in [1.807, 2.05) is 18.2 Å². The van der Waals surface area contributed by atoms with Gasteiger partial charge in [-0.15, -0.1) is 0 Å². The molecule has 0 spiro atoms. The molecule has 2 heterocycles. The Labute approximate surface area is 99.1 Å². The van der Waals surface area contributed by atoms with Crippen LogP contribution in [0.4, 0.5) is 4.39 Å². The minimum absolute atomic E-state index is 0.0644. The molecule has 0 radical (unpaired) electrons. The minimum atomic E-state index is -0.315. The van der Waals surface area contributed by atoms with E-state index in [1.165, 1.54) is 17.8 Å². The van der Waals surface area contributed by atoms with Crippen LogP contribution in [0.25, 0.3) is 0 Å². The van der Waals surface area contributed by atoms with E-state index in [9.17, 15) is 4.39 Å². The Bertz CT molecular complexity index is 524. The monoisotopic (exact) mass is 229 g/mol. The molecule has 2 aromatic rings. The molecular weight excluding hydrogens is 217 g/mol. The van der Waals surface area contributed by atoms with E-state index in [1.54, 1.807) is 6.07 Å². The molecule has 3 heteroatoms. The van der Waals surface area contributed by atoms with Gasteiger partial charge in [-0.3, -0.25) is 4.98 Å². The van der Waals surface area contributed by atoms with E-state index in [0.29, 0.717) is 0 Å². The molecule has 0 N–H and O–H groups in total. The van der Waals surface area contributed by atoms with Gasteiger partial charge in [-0.25, -0.2) is 4.39 Å². The lowest BCUT2D eigenvalue weighted by Crippen LogP contribution is -2.16. The summed E-state index contributed by atoms with van der Waals surface area (Å²) in [5.41, 5.74) is 2.02. The van der Waals surface area contributed by atoms with Gasteiger partial charge in [-0.2, -0.15) is 0 Å². The first-order valence-electron chi connectivity index (χ1n) is 5.69. The van der Waals surface area contributed by atoms with Crippen LogP contribution in [0.1, 0.15) is 23.8 Å². The lowest BCUT2D eigenvalue weighted by atomic mass is 10.0. The fourth-order valence-corrected chi connectivity index (χ4v) is 2.11. The van der Waals surface area contributed by atoms with Gasteiger partial charge < -0.3 is 4.74 Å². The highest BCUT2D eigenvalue weighted by Crippen LogP contribution is 2.33. The lowest BCUT2D eigenvalue weighted by Gasteiger charge is -2.25. The quantitative estimate of drug-likeness (QED) is 0.748. The van der Waals surface area contributed by atoms with Gasteiger partial charge in [-0.05, 0) is 36.6 Å². The maximum absolute atomic E-state index is 12.8. The Kier molecular flexibility index (Phi) is 2.52. The zero-order chi connectivity index (χ0) is 11.7. The van der Waals surface area contributed by atoms with Crippen molar-refractivity contribution in [1.82, 2.24) is 4.98 Å². The molecule has 0 saturated carbocycles.